The normalized spacial score (nSPS) is 23.8. The van der Waals surface area contributed by atoms with Gasteiger partial charge in [-0.15, -0.1) is 23.5 Å². The van der Waals surface area contributed by atoms with Crippen molar-refractivity contribution in [1.82, 2.24) is 0 Å². The van der Waals surface area contributed by atoms with Crippen molar-refractivity contribution in [3.8, 4) is 0 Å². The zero-order chi connectivity index (χ0) is 11.5. The van der Waals surface area contributed by atoms with Gasteiger partial charge < -0.3 is 15.3 Å². The molecule has 0 aromatic rings. The van der Waals surface area contributed by atoms with E-state index in [0.717, 1.165) is 17.9 Å². The molecule has 0 aliphatic carbocycles. The van der Waals surface area contributed by atoms with Crippen LogP contribution in [0.15, 0.2) is 0 Å². The lowest BCUT2D eigenvalue weighted by molar-refractivity contribution is -0.0642. The van der Waals surface area contributed by atoms with Gasteiger partial charge in [0.05, 0.1) is 17.3 Å². The van der Waals surface area contributed by atoms with E-state index in [0.29, 0.717) is 0 Å². The lowest BCUT2D eigenvalue weighted by atomic mass is 9.85. The summed E-state index contributed by atoms with van der Waals surface area (Å²) >= 11 is 3.40. The number of aliphatic hydroxyl groups is 3. The molecule has 1 aliphatic rings. The highest BCUT2D eigenvalue weighted by atomic mass is 32.2. The van der Waals surface area contributed by atoms with Crippen molar-refractivity contribution in [3.63, 3.8) is 0 Å². The summed E-state index contributed by atoms with van der Waals surface area (Å²) in [5.41, 5.74) is -0.641. The number of thioether (sulfide) groups is 2. The number of hydrogen-bond donors (Lipinski definition) is 3. The topological polar surface area (TPSA) is 60.7 Å². The summed E-state index contributed by atoms with van der Waals surface area (Å²) < 4.78 is 0.0413. The third kappa shape index (κ3) is 3.53. The molecular weight excluding hydrogens is 232 g/mol. The summed E-state index contributed by atoms with van der Waals surface area (Å²) in [4.78, 5) is 0. The first-order valence-corrected chi connectivity index (χ1v) is 7.29. The first kappa shape index (κ1) is 13.6. The Kier molecular flexibility index (Phi) is 5.25. The van der Waals surface area contributed by atoms with Crippen molar-refractivity contribution in [2.75, 3.05) is 18.1 Å². The molecule has 0 bridgehead atoms. The first-order chi connectivity index (χ1) is 6.99. The van der Waals surface area contributed by atoms with E-state index in [9.17, 15) is 10.2 Å². The quantitative estimate of drug-likeness (QED) is 0.694. The van der Waals surface area contributed by atoms with Crippen LogP contribution < -0.4 is 0 Å². The Morgan fingerprint density at radius 1 is 1.27 bits per heavy atom. The van der Waals surface area contributed by atoms with Crippen LogP contribution >= 0.6 is 23.5 Å². The summed E-state index contributed by atoms with van der Waals surface area (Å²) in [6, 6.07) is 0. The highest BCUT2D eigenvalue weighted by Crippen LogP contribution is 2.36. The highest BCUT2D eigenvalue weighted by Gasteiger charge is 2.37. The molecule has 0 radical (unpaired) electrons. The van der Waals surface area contributed by atoms with Gasteiger partial charge in [-0.3, -0.25) is 0 Å². The van der Waals surface area contributed by atoms with E-state index in [1.54, 1.807) is 37.4 Å². The molecule has 1 fully saturated rings. The van der Waals surface area contributed by atoms with Crippen molar-refractivity contribution in [3.05, 3.63) is 0 Å². The zero-order valence-corrected chi connectivity index (χ0v) is 10.9. The van der Waals surface area contributed by atoms with Crippen LogP contribution in [-0.2, 0) is 0 Å². The molecule has 1 heterocycles. The fraction of sp³-hybridized carbons (Fsp3) is 1.00. The minimum absolute atomic E-state index is 0.0413. The molecule has 2 atom stereocenters. The average Bonchev–Trinajstić information content (AvgIpc) is 2.28. The molecule has 90 valence electrons. The first-order valence-electron chi connectivity index (χ1n) is 5.19. The van der Waals surface area contributed by atoms with Gasteiger partial charge >= 0.3 is 0 Å². The Bertz CT molecular complexity index is 193. The van der Waals surface area contributed by atoms with Crippen molar-refractivity contribution in [2.45, 2.75) is 37.1 Å². The molecule has 0 saturated carbocycles. The van der Waals surface area contributed by atoms with E-state index < -0.39 is 17.6 Å². The smallest absolute Gasteiger partial charge is 0.101 e. The van der Waals surface area contributed by atoms with Crippen LogP contribution in [0.4, 0.5) is 0 Å². The standard InChI is InChI=1S/C10H20O3S2/c1-10(2,6-11)8(13)7(12)9-14-4-3-5-15-9/h7-9,11-13H,3-6H2,1-2H3/t7-,8+/m1/s1. The van der Waals surface area contributed by atoms with Crippen LogP contribution in [0.2, 0.25) is 0 Å². The molecule has 0 amide bonds. The summed E-state index contributed by atoms with van der Waals surface area (Å²) in [6.07, 6.45) is -0.467. The summed E-state index contributed by atoms with van der Waals surface area (Å²) in [6.45, 7) is 3.41. The van der Waals surface area contributed by atoms with Crippen molar-refractivity contribution in [1.29, 1.82) is 0 Å². The van der Waals surface area contributed by atoms with Gasteiger partial charge in [-0.2, -0.15) is 0 Å². The minimum Gasteiger partial charge on any atom is -0.396 e. The Morgan fingerprint density at radius 3 is 2.27 bits per heavy atom. The van der Waals surface area contributed by atoms with Gasteiger partial charge in [0, 0.05) is 5.41 Å². The molecule has 0 unspecified atom stereocenters. The predicted molar refractivity (Wildman–Crippen MR) is 66.2 cm³/mol. The van der Waals surface area contributed by atoms with Gasteiger partial charge in [0.1, 0.15) is 6.10 Å². The van der Waals surface area contributed by atoms with E-state index >= 15 is 0 Å². The molecule has 1 rings (SSSR count). The maximum absolute atomic E-state index is 10.0. The second kappa shape index (κ2) is 5.77. The van der Waals surface area contributed by atoms with Crippen molar-refractivity contribution < 1.29 is 15.3 Å². The second-order valence-corrected chi connectivity index (χ2v) is 7.34. The van der Waals surface area contributed by atoms with Gasteiger partial charge in [-0.25, -0.2) is 0 Å². The van der Waals surface area contributed by atoms with E-state index in [4.69, 9.17) is 5.11 Å². The number of hydrogen-bond acceptors (Lipinski definition) is 5. The average molecular weight is 252 g/mol. The van der Waals surface area contributed by atoms with E-state index in [-0.39, 0.29) is 11.2 Å². The lowest BCUT2D eigenvalue weighted by Crippen LogP contribution is -2.46. The number of aliphatic hydroxyl groups excluding tert-OH is 3. The Labute approximate surface area is 99.6 Å². The maximum Gasteiger partial charge on any atom is 0.101 e. The largest absolute Gasteiger partial charge is 0.396 e. The third-order valence-electron chi connectivity index (χ3n) is 2.66. The molecular formula is C10H20O3S2. The van der Waals surface area contributed by atoms with Gasteiger partial charge in [-0.1, -0.05) is 13.8 Å². The van der Waals surface area contributed by atoms with Crippen LogP contribution in [0.25, 0.3) is 0 Å². The minimum atomic E-state index is -0.870. The fourth-order valence-corrected chi connectivity index (χ4v) is 4.33. The predicted octanol–water partition coefficient (Wildman–Crippen LogP) is 0.923. The van der Waals surface area contributed by atoms with Gasteiger partial charge in [0.2, 0.25) is 0 Å². The molecule has 5 heteroatoms. The van der Waals surface area contributed by atoms with E-state index in [2.05, 4.69) is 0 Å². The SMILES string of the molecule is CC(C)(CO)[C@@H](O)[C@@H](O)C1SCCCS1. The van der Waals surface area contributed by atoms with E-state index in [1.165, 1.54) is 0 Å². The van der Waals surface area contributed by atoms with Gasteiger partial charge in [-0.05, 0) is 17.9 Å². The maximum atomic E-state index is 10.0. The van der Waals surface area contributed by atoms with Crippen LogP contribution in [0.3, 0.4) is 0 Å². The van der Waals surface area contributed by atoms with Crippen LogP contribution in [0.1, 0.15) is 20.3 Å². The molecule has 15 heavy (non-hydrogen) atoms. The van der Waals surface area contributed by atoms with Crippen LogP contribution in [0, 0.1) is 5.41 Å². The third-order valence-corrected chi connectivity index (χ3v) is 5.74. The zero-order valence-electron chi connectivity index (χ0n) is 9.22. The Morgan fingerprint density at radius 2 is 1.80 bits per heavy atom. The summed E-state index contributed by atoms with van der Waals surface area (Å²) in [5.74, 6) is 2.09. The molecule has 0 spiro atoms. The van der Waals surface area contributed by atoms with Gasteiger partial charge in [0.25, 0.3) is 0 Å². The molecule has 3 N–H and O–H groups in total. The van der Waals surface area contributed by atoms with Crippen molar-refractivity contribution in [2.24, 2.45) is 5.41 Å². The van der Waals surface area contributed by atoms with Crippen molar-refractivity contribution >= 4 is 23.5 Å². The summed E-state index contributed by atoms with van der Waals surface area (Å²) in [5, 5.41) is 29.1. The summed E-state index contributed by atoms with van der Waals surface area (Å²) in [7, 11) is 0. The number of rotatable bonds is 4. The second-order valence-electron chi connectivity index (χ2n) is 4.55. The van der Waals surface area contributed by atoms with Crippen LogP contribution in [-0.4, -0.2) is 50.2 Å². The monoisotopic (exact) mass is 252 g/mol. The van der Waals surface area contributed by atoms with Crippen LogP contribution in [0.5, 0.6) is 0 Å². The van der Waals surface area contributed by atoms with Gasteiger partial charge in [0.15, 0.2) is 0 Å². The molecule has 3 nitrogen and oxygen atoms in total. The Balaban J connectivity index is 2.54. The molecule has 0 aromatic carbocycles. The lowest BCUT2D eigenvalue weighted by Gasteiger charge is -2.36. The molecule has 1 aliphatic heterocycles. The molecule has 1 saturated heterocycles. The molecule has 0 aromatic heterocycles. The Hall–Kier alpha value is 0.580. The van der Waals surface area contributed by atoms with E-state index in [1.807, 2.05) is 0 Å². The highest BCUT2D eigenvalue weighted by molar-refractivity contribution is 8.17. The fourth-order valence-electron chi connectivity index (χ4n) is 1.41.